The van der Waals surface area contributed by atoms with E-state index >= 15 is 0 Å². The summed E-state index contributed by atoms with van der Waals surface area (Å²) >= 11 is 0. The first-order valence-corrected chi connectivity index (χ1v) is 9.10. The Hall–Kier alpha value is -3.30. The van der Waals surface area contributed by atoms with E-state index < -0.39 is 12.8 Å². The highest BCUT2D eigenvalue weighted by molar-refractivity contribution is 5.93. The molecule has 2 amide bonds. The number of carbonyl (C=O) groups excluding carboxylic acids is 2. The van der Waals surface area contributed by atoms with Gasteiger partial charge in [-0.25, -0.2) is 0 Å². The number of halogens is 3. The molecule has 30 heavy (non-hydrogen) atoms. The van der Waals surface area contributed by atoms with Crippen LogP contribution in [0.5, 0.6) is 11.5 Å². The van der Waals surface area contributed by atoms with Gasteiger partial charge in [0.1, 0.15) is 0 Å². The minimum atomic E-state index is -4.45. The second kappa shape index (κ2) is 11.0. The molecule has 0 aliphatic rings. The van der Waals surface area contributed by atoms with Crippen LogP contribution in [0.1, 0.15) is 22.3 Å². The summed E-state index contributed by atoms with van der Waals surface area (Å²) in [5.41, 5.74) is 1.15. The molecule has 0 atom stereocenters. The number of nitrogens with zero attached hydrogens (tertiary/aromatic N) is 1. The zero-order valence-electron chi connectivity index (χ0n) is 16.3. The topological polar surface area (TPSA) is 89.6 Å². The molecule has 1 aromatic heterocycles. The van der Waals surface area contributed by atoms with Crippen LogP contribution in [0.2, 0.25) is 0 Å². The van der Waals surface area contributed by atoms with Crippen LogP contribution in [0.3, 0.4) is 0 Å². The zero-order chi connectivity index (χ0) is 22.0. The predicted octanol–water partition coefficient (Wildman–Crippen LogP) is 2.51. The third-order valence-electron chi connectivity index (χ3n) is 3.92. The van der Waals surface area contributed by atoms with E-state index in [4.69, 9.17) is 9.47 Å². The minimum Gasteiger partial charge on any atom is -0.493 e. The Morgan fingerprint density at radius 1 is 1.10 bits per heavy atom. The SMILES string of the molecule is COc1cc(CCC(=O)NCCNC(=O)c2cccnc2)ccc1OCC(F)(F)F. The van der Waals surface area contributed by atoms with Crippen LogP contribution < -0.4 is 20.1 Å². The van der Waals surface area contributed by atoms with Gasteiger partial charge >= 0.3 is 6.18 Å². The number of rotatable bonds is 10. The molecule has 0 fully saturated rings. The first-order chi connectivity index (χ1) is 14.3. The molecule has 10 heteroatoms. The monoisotopic (exact) mass is 425 g/mol. The van der Waals surface area contributed by atoms with Gasteiger partial charge < -0.3 is 20.1 Å². The lowest BCUT2D eigenvalue weighted by Crippen LogP contribution is -2.34. The number of methoxy groups -OCH3 is 1. The van der Waals surface area contributed by atoms with Crippen LogP contribution in [-0.2, 0) is 11.2 Å². The number of hydrogen-bond acceptors (Lipinski definition) is 5. The number of nitrogens with one attached hydrogen (secondary N) is 2. The summed E-state index contributed by atoms with van der Waals surface area (Å²) in [6.45, 7) is -0.890. The Bertz CT molecular complexity index is 845. The van der Waals surface area contributed by atoms with E-state index in [0.717, 1.165) is 0 Å². The van der Waals surface area contributed by atoms with E-state index in [2.05, 4.69) is 15.6 Å². The van der Waals surface area contributed by atoms with Gasteiger partial charge in [0, 0.05) is 31.9 Å². The average Bonchev–Trinajstić information content (AvgIpc) is 2.73. The molecule has 0 saturated carbocycles. The lowest BCUT2D eigenvalue weighted by atomic mass is 10.1. The van der Waals surface area contributed by atoms with Crippen molar-refractivity contribution in [3.63, 3.8) is 0 Å². The summed E-state index contributed by atoms with van der Waals surface area (Å²) < 4.78 is 46.6. The van der Waals surface area contributed by atoms with Gasteiger partial charge in [0.05, 0.1) is 12.7 Å². The number of benzene rings is 1. The molecule has 2 N–H and O–H groups in total. The third-order valence-corrected chi connectivity index (χ3v) is 3.92. The number of amides is 2. The highest BCUT2D eigenvalue weighted by Gasteiger charge is 2.29. The Morgan fingerprint density at radius 3 is 2.53 bits per heavy atom. The first-order valence-electron chi connectivity index (χ1n) is 9.10. The second-order valence-corrected chi connectivity index (χ2v) is 6.24. The molecular weight excluding hydrogens is 403 g/mol. The number of carbonyl (C=O) groups is 2. The van der Waals surface area contributed by atoms with Crippen molar-refractivity contribution in [3.05, 3.63) is 53.9 Å². The van der Waals surface area contributed by atoms with Gasteiger partial charge in [-0.15, -0.1) is 0 Å². The maximum absolute atomic E-state index is 12.3. The zero-order valence-corrected chi connectivity index (χ0v) is 16.3. The largest absolute Gasteiger partial charge is 0.493 e. The Labute approximate surface area is 171 Å². The standard InChI is InChI=1S/C20H22F3N3O4/c1-29-17-11-14(4-6-16(17)30-13-20(21,22)23)5-7-18(27)25-9-10-26-19(28)15-3-2-8-24-12-15/h2-4,6,8,11-12H,5,7,9-10,13H2,1H3,(H,25,27)(H,26,28). The molecule has 0 unspecified atom stereocenters. The van der Waals surface area contributed by atoms with Crippen molar-refractivity contribution < 1.29 is 32.2 Å². The molecule has 7 nitrogen and oxygen atoms in total. The van der Waals surface area contributed by atoms with E-state index in [9.17, 15) is 22.8 Å². The summed E-state index contributed by atoms with van der Waals surface area (Å²) in [6.07, 6.45) is -0.900. The molecule has 0 spiro atoms. The molecule has 0 aliphatic heterocycles. The fraction of sp³-hybridized carbons (Fsp3) is 0.350. The van der Waals surface area contributed by atoms with Crippen molar-refractivity contribution in [3.8, 4) is 11.5 Å². The van der Waals surface area contributed by atoms with Gasteiger partial charge in [-0.2, -0.15) is 13.2 Å². The first kappa shape index (κ1) is 23.0. The Morgan fingerprint density at radius 2 is 1.87 bits per heavy atom. The molecule has 0 saturated heterocycles. The number of hydrogen-bond donors (Lipinski definition) is 2. The van der Waals surface area contributed by atoms with E-state index in [1.54, 1.807) is 24.4 Å². The number of aryl methyl sites for hydroxylation is 1. The highest BCUT2D eigenvalue weighted by Crippen LogP contribution is 2.30. The number of aromatic nitrogens is 1. The molecule has 2 aromatic rings. The molecule has 162 valence electrons. The lowest BCUT2D eigenvalue weighted by Gasteiger charge is -2.13. The van der Waals surface area contributed by atoms with Crippen LogP contribution in [0.4, 0.5) is 13.2 Å². The predicted molar refractivity (Wildman–Crippen MR) is 102 cm³/mol. The van der Waals surface area contributed by atoms with Gasteiger partial charge in [0.25, 0.3) is 5.91 Å². The van der Waals surface area contributed by atoms with Gasteiger partial charge in [-0.05, 0) is 36.2 Å². The van der Waals surface area contributed by atoms with Gasteiger partial charge in [-0.3, -0.25) is 14.6 Å². The van der Waals surface area contributed by atoms with Crippen molar-refractivity contribution in [2.45, 2.75) is 19.0 Å². The van der Waals surface area contributed by atoms with Crippen molar-refractivity contribution in [2.75, 3.05) is 26.8 Å². The van der Waals surface area contributed by atoms with E-state index in [1.807, 2.05) is 0 Å². The van der Waals surface area contributed by atoms with Crippen LogP contribution in [0, 0.1) is 0 Å². The summed E-state index contributed by atoms with van der Waals surface area (Å²) in [4.78, 5) is 27.6. The van der Waals surface area contributed by atoms with Crippen LogP contribution in [-0.4, -0.2) is 49.8 Å². The van der Waals surface area contributed by atoms with Crippen LogP contribution >= 0.6 is 0 Å². The number of pyridine rings is 1. The molecule has 0 bridgehead atoms. The van der Waals surface area contributed by atoms with Crippen LogP contribution in [0.15, 0.2) is 42.7 Å². The molecule has 1 aromatic carbocycles. The fourth-order valence-electron chi connectivity index (χ4n) is 2.47. The average molecular weight is 425 g/mol. The van der Waals surface area contributed by atoms with E-state index in [-0.39, 0.29) is 42.8 Å². The van der Waals surface area contributed by atoms with E-state index in [0.29, 0.717) is 17.5 Å². The quantitative estimate of drug-likeness (QED) is 0.571. The fourth-order valence-corrected chi connectivity index (χ4v) is 2.47. The maximum atomic E-state index is 12.3. The molecule has 0 radical (unpaired) electrons. The third kappa shape index (κ3) is 7.98. The van der Waals surface area contributed by atoms with Crippen LogP contribution in [0.25, 0.3) is 0 Å². The lowest BCUT2D eigenvalue weighted by molar-refractivity contribution is -0.153. The summed E-state index contributed by atoms with van der Waals surface area (Å²) in [5, 5.41) is 5.35. The van der Waals surface area contributed by atoms with E-state index in [1.165, 1.54) is 25.4 Å². The van der Waals surface area contributed by atoms with Crippen molar-refractivity contribution in [2.24, 2.45) is 0 Å². The maximum Gasteiger partial charge on any atom is 0.422 e. The number of ether oxygens (including phenoxy) is 2. The van der Waals surface area contributed by atoms with Crippen molar-refractivity contribution >= 4 is 11.8 Å². The Balaban J connectivity index is 1.73. The molecule has 0 aliphatic carbocycles. The van der Waals surface area contributed by atoms with Crippen molar-refractivity contribution in [1.82, 2.24) is 15.6 Å². The molecule has 1 heterocycles. The minimum absolute atomic E-state index is 0.0209. The summed E-state index contributed by atoms with van der Waals surface area (Å²) in [6, 6.07) is 7.78. The normalized spacial score (nSPS) is 10.9. The summed E-state index contributed by atoms with van der Waals surface area (Å²) in [5.74, 6) is -0.359. The van der Waals surface area contributed by atoms with Gasteiger partial charge in [-0.1, -0.05) is 6.07 Å². The van der Waals surface area contributed by atoms with Crippen molar-refractivity contribution in [1.29, 1.82) is 0 Å². The highest BCUT2D eigenvalue weighted by atomic mass is 19.4. The van der Waals surface area contributed by atoms with Gasteiger partial charge in [0.2, 0.25) is 5.91 Å². The van der Waals surface area contributed by atoms with Gasteiger partial charge in [0.15, 0.2) is 18.1 Å². The summed E-state index contributed by atoms with van der Waals surface area (Å²) in [7, 11) is 1.33. The Kier molecular flexibility index (Phi) is 8.45. The molecular formula is C20H22F3N3O4. The second-order valence-electron chi connectivity index (χ2n) is 6.24. The molecule has 2 rings (SSSR count). The smallest absolute Gasteiger partial charge is 0.422 e. The number of alkyl halides is 3.